The number of aromatic nitrogens is 1. The predicted octanol–water partition coefficient (Wildman–Crippen LogP) is 5.03. The average molecular weight is 411 g/mol. The molecule has 7 heteroatoms. The van der Waals surface area contributed by atoms with Gasteiger partial charge in [0, 0.05) is 22.5 Å². The minimum atomic E-state index is -0.696. The zero-order valence-electron chi connectivity index (χ0n) is 15.7. The molecular formula is C20H24Cl2N2O3. The van der Waals surface area contributed by atoms with Crippen LogP contribution in [0.4, 0.5) is 0 Å². The number of benzene rings is 1. The van der Waals surface area contributed by atoms with Crippen molar-refractivity contribution < 1.29 is 14.3 Å². The lowest BCUT2D eigenvalue weighted by Crippen LogP contribution is -2.42. The largest absolute Gasteiger partial charge is 0.464 e. The highest BCUT2D eigenvalue weighted by Crippen LogP contribution is 2.28. The smallest absolute Gasteiger partial charge is 0.328 e. The lowest BCUT2D eigenvalue weighted by atomic mass is 10.0. The number of amides is 1. The molecule has 1 heterocycles. The highest BCUT2D eigenvalue weighted by Gasteiger charge is 2.24. The molecule has 1 aromatic heterocycles. The summed E-state index contributed by atoms with van der Waals surface area (Å²) in [6.07, 6.45) is 3.70. The molecule has 1 atom stereocenters. The minimum Gasteiger partial charge on any atom is -0.464 e. The molecule has 0 saturated heterocycles. The molecule has 0 saturated carbocycles. The van der Waals surface area contributed by atoms with E-state index in [1.54, 1.807) is 18.2 Å². The molecule has 2 rings (SSSR count). The molecule has 1 unspecified atom stereocenters. The molecule has 5 nitrogen and oxygen atoms in total. The van der Waals surface area contributed by atoms with E-state index in [0.29, 0.717) is 34.4 Å². The molecule has 146 valence electrons. The normalized spacial score (nSPS) is 12.2. The lowest BCUT2D eigenvalue weighted by Gasteiger charge is -2.19. The fourth-order valence-corrected chi connectivity index (χ4v) is 3.08. The first-order chi connectivity index (χ1) is 12.8. The maximum atomic E-state index is 12.7. The van der Waals surface area contributed by atoms with Crippen LogP contribution in [0.2, 0.25) is 10.2 Å². The van der Waals surface area contributed by atoms with Crippen LogP contribution in [-0.4, -0.2) is 29.5 Å². The van der Waals surface area contributed by atoms with Gasteiger partial charge in [0.2, 0.25) is 0 Å². The Bertz CT molecular complexity index is 824. The zero-order chi connectivity index (χ0) is 20.0. The maximum absolute atomic E-state index is 12.7. The van der Waals surface area contributed by atoms with Gasteiger partial charge < -0.3 is 10.1 Å². The second kappa shape index (κ2) is 9.90. The zero-order valence-corrected chi connectivity index (χ0v) is 17.2. The van der Waals surface area contributed by atoms with Gasteiger partial charge in [0.25, 0.3) is 5.91 Å². The Morgan fingerprint density at radius 2 is 1.96 bits per heavy atom. The van der Waals surface area contributed by atoms with E-state index in [-0.39, 0.29) is 17.0 Å². The van der Waals surface area contributed by atoms with Crippen molar-refractivity contribution in [1.29, 1.82) is 0 Å². The van der Waals surface area contributed by atoms with Crippen LogP contribution in [0.5, 0.6) is 0 Å². The molecule has 0 aliphatic rings. The molecule has 1 N–H and O–H groups in total. The van der Waals surface area contributed by atoms with Crippen LogP contribution in [0.3, 0.4) is 0 Å². The van der Waals surface area contributed by atoms with Crippen molar-refractivity contribution in [3.8, 4) is 0 Å². The average Bonchev–Trinajstić information content (AvgIpc) is 2.63. The van der Waals surface area contributed by atoms with Crippen LogP contribution in [0.1, 0.15) is 50.4 Å². The molecule has 1 amide bonds. The fraction of sp³-hybridized carbons (Fsp3) is 0.450. The van der Waals surface area contributed by atoms with Gasteiger partial charge >= 0.3 is 5.97 Å². The number of carbonyl (C=O) groups is 2. The Hall–Kier alpha value is -1.85. The number of nitrogens with zero attached hydrogens (tertiary/aromatic N) is 1. The first kappa shape index (κ1) is 21.5. The van der Waals surface area contributed by atoms with Gasteiger partial charge in [-0.15, -0.1) is 0 Å². The van der Waals surface area contributed by atoms with Gasteiger partial charge in [-0.25, -0.2) is 9.78 Å². The van der Waals surface area contributed by atoms with Gasteiger partial charge in [-0.1, -0.05) is 56.5 Å². The molecule has 0 fully saturated rings. The molecule has 2 aromatic rings. The van der Waals surface area contributed by atoms with Crippen molar-refractivity contribution in [3.63, 3.8) is 0 Å². The number of carbonyl (C=O) groups excluding carboxylic acids is 2. The van der Waals surface area contributed by atoms with Gasteiger partial charge in [0.15, 0.2) is 0 Å². The molecule has 0 aliphatic heterocycles. The van der Waals surface area contributed by atoms with Crippen LogP contribution < -0.4 is 5.32 Å². The number of halogens is 2. The summed E-state index contributed by atoms with van der Waals surface area (Å²) in [5, 5.41) is 4.80. The highest BCUT2D eigenvalue weighted by molar-refractivity contribution is 6.39. The van der Waals surface area contributed by atoms with Crippen molar-refractivity contribution in [2.45, 2.75) is 46.1 Å². The fourth-order valence-electron chi connectivity index (χ4n) is 2.66. The van der Waals surface area contributed by atoms with Crippen LogP contribution in [0.15, 0.2) is 24.4 Å². The van der Waals surface area contributed by atoms with Gasteiger partial charge in [-0.2, -0.15) is 0 Å². The Balaban J connectivity index is 2.19. The number of hydrogen-bond acceptors (Lipinski definition) is 4. The minimum absolute atomic E-state index is 0.225. The van der Waals surface area contributed by atoms with Crippen molar-refractivity contribution in [2.24, 2.45) is 5.92 Å². The SMILES string of the molecule is CCCCOC(=O)C(CC(C)C)NC(=O)c1ccc2c(Cl)cnc(Cl)c2c1. The van der Waals surface area contributed by atoms with E-state index in [1.165, 1.54) is 6.20 Å². The second-order valence-electron chi connectivity index (χ2n) is 6.83. The van der Waals surface area contributed by atoms with E-state index in [2.05, 4.69) is 10.3 Å². The van der Waals surface area contributed by atoms with E-state index in [1.807, 2.05) is 20.8 Å². The molecule has 0 spiro atoms. The van der Waals surface area contributed by atoms with Crippen LogP contribution >= 0.6 is 23.2 Å². The van der Waals surface area contributed by atoms with Crippen LogP contribution in [0, 0.1) is 5.92 Å². The summed E-state index contributed by atoms with van der Waals surface area (Å²) < 4.78 is 5.29. The van der Waals surface area contributed by atoms with Crippen molar-refractivity contribution in [1.82, 2.24) is 10.3 Å². The van der Waals surface area contributed by atoms with Crippen LogP contribution in [-0.2, 0) is 9.53 Å². The van der Waals surface area contributed by atoms with E-state index < -0.39 is 12.0 Å². The monoisotopic (exact) mass is 410 g/mol. The number of hydrogen-bond donors (Lipinski definition) is 1. The number of unbranched alkanes of at least 4 members (excludes halogenated alkanes) is 1. The quantitative estimate of drug-likeness (QED) is 0.376. The van der Waals surface area contributed by atoms with Crippen molar-refractivity contribution >= 4 is 45.9 Å². The van der Waals surface area contributed by atoms with E-state index >= 15 is 0 Å². The number of rotatable bonds is 8. The maximum Gasteiger partial charge on any atom is 0.328 e. The first-order valence-corrected chi connectivity index (χ1v) is 9.80. The van der Waals surface area contributed by atoms with Gasteiger partial charge in [-0.3, -0.25) is 4.79 Å². The summed E-state index contributed by atoms with van der Waals surface area (Å²) in [5.74, 6) is -0.553. The molecule has 0 aliphatic carbocycles. The third-order valence-electron chi connectivity index (χ3n) is 4.09. The number of nitrogens with one attached hydrogen (secondary N) is 1. The summed E-state index contributed by atoms with van der Waals surface area (Å²) in [6, 6.07) is 4.30. The van der Waals surface area contributed by atoms with Crippen molar-refractivity contribution in [2.75, 3.05) is 6.61 Å². The summed E-state index contributed by atoms with van der Waals surface area (Å²) >= 11 is 12.2. The van der Waals surface area contributed by atoms with Gasteiger partial charge in [-0.05, 0) is 30.9 Å². The molecule has 0 bridgehead atoms. The third kappa shape index (κ3) is 5.81. The standard InChI is InChI=1S/C20H24Cl2N2O3/c1-4-5-8-27-20(26)17(9-12(2)3)24-19(25)13-6-7-14-15(10-13)18(22)23-11-16(14)21/h6-7,10-12,17H,4-5,8-9H2,1-3H3,(H,24,25). The Labute approximate surface area is 169 Å². The van der Waals surface area contributed by atoms with Gasteiger partial charge in [0.1, 0.15) is 11.2 Å². The summed E-state index contributed by atoms with van der Waals surface area (Å²) in [7, 11) is 0. The molecule has 0 radical (unpaired) electrons. The predicted molar refractivity (Wildman–Crippen MR) is 108 cm³/mol. The van der Waals surface area contributed by atoms with Gasteiger partial charge in [0.05, 0.1) is 11.6 Å². The number of fused-ring (bicyclic) bond motifs is 1. The van der Waals surface area contributed by atoms with E-state index in [4.69, 9.17) is 27.9 Å². The van der Waals surface area contributed by atoms with Crippen LogP contribution in [0.25, 0.3) is 10.8 Å². The number of esters is 1. The third-order valence-corrected chi connectivity index (χ3v) is 4.69. The lowest BCUT2D eigenvalue weighted by molar-refractivity contribution is -0.146. The van der Waals surface area contributed by atoms with E-state index in [9.17, 15) is 9.59 Å². The second-order valence-corrected chi connectivity index (χ2v) is 7.60. The number of pyridine rings is 1. The molecular weight excluding hydrogens is 387 g/mol. The van der Waals surface area contributed by atoms with Crippen molar-refractivity contribution in [3.05, 3.63) is 40.1 Å². The topological polar surface area (TPSA) is 68.3 Å². The van der Waals surface area contributed by atoms with E-state index in [0.717, 1.165) is 12.8 Å². The molecule has 27 heavy (non-hydrogen) atoms. The first-order valence-electron chi connectivity index (χ1n) is 9.04. The Morgan fingerprint density at radius 1 is 1.22 bits per heavy atom. The number of ether oxygens (including phenoxy) is 1. The summed E-state index contributed by atoms with van der Waals surface area (Å²) in [6.45, 7) is 6.35. The molecule has 1 aromatic carbocycles. The Kier molecular flexibility index (Phi) is 7.87. The summed E-state index contributed by atoms with van der Waals surface area (Å²) in [5.41, 5.74) is 0.378. The summed E-state index contributed by atoms with van der Waals surface area (Å²) in [4.78, 5) is 29.0. The Morgan fingerprint density at radius 3 is 2.63 bits per heavy atom. The highest BCUT2D eigenvalue weighted by atomic mass is 35.5.